The molecule has 6 aromatic rings. The van der Waals surface area contributed by atoms with E-state index in [1.807, 2.05) is 6.07 Å². The summed E-state index contributed by atoms with van der Waals surface area (Å²) in [6, 6.07) is 45.3. The zero-order valence-corrected chi connectivity index (χ0v) is 18.6. The van der Waals surface area contributed by atoms with Crippen LogP contribution in [0.15, 0.2) is 127 Å². The third-order valence-corrected chi connectivity index (χ3v) is 6.83. The number of pyridine rings is 1. The molecular formula is C33H21N. The van der Waals surface area contributed by atoms with E-state index < -0.39 is 0 Å². The van der Waals surface area contributed by atoms with Gasteiger partial charge < -0.3 is 0 Å². The van der Waals surface area contributed by atoms with Crippen molar-refractivity contribution in [2.75, 3.05) is 0 Å². The number of fused-ring (bicyclic) bond motifs is 3. The first-order valence-electron chi connectivity index (χ1n) is 11.7. The van der Waals surface area contributed by atoms with Gasteiger partial charge in [0, 0.05) is 11.1 Å². The van der Waals surface area contributed by atoms with Crippen LogP contribution >= 0.6 is 0 Å². The summed E-state index contributed by atoms with van der Waals surface area (Å²) in [6.07, 6.45) is 0. The maximum Gasteiger partial charge on any atom is 0.0721 e. The molecule has 5 aromatic carbocycles. The predicted octanol–water partition coefficient (Wildman–Crippen LogP) is 8.88. The Hall–Kier alpha value is -4.49. The van der Waals surface area contributed by atoms with Gasteiger partial charge >= 0.3 is 0 Å². The van der Waals surface area contributed by atoms with Crippen molar-refractivity contribution >= 4 is 10.8 Å². The highest BCUT2D eigenvalue weighted by Gasteiger charge is 2.22. The van der Waals surface area contributed by atoms with E-state index in [1.165, 1.54) is 49.7 Å². The lowest BCUT2D eigenvalue weighted by atomic mass is 9.94. The quantitative estimate of drug-likeness (QED) is 0.272. The minimum atomic E-state index is 0.989. The van der Waals surface area contributed by atoms with Gasteiger partial charge in [-0.05, 0) is 56.3 Å². The van der Waals surface area contributed by atoms with Crippen LogP contribution in [0.2, 0.25) is 0 Å². The monoisotopic (exact) mass is 431 g/mol. The topological polar surface area (TPSA) is 12.9 Å². The van der Waals surface area contributed by atoms with Crippen LogP contribution in [0.5, 0.6) is 0 Å². The Morgan fingerprint density at radius 2 is 0.912 bits per heavy atom. The van der Waals surface area contributed by atoms with E-state index in [0.29, 0.717) is 0 Å². The molecule has 0 N–H and O–H groups in total. The molecule has 0 spiro atoms. The fraction of sp³-hybridized carbons (Fsp3) is 0. The second-order valence-corrected chi connectivity index (χ2v) is 8.79. The zero-order valence-electron chi connectivity index (χ0n) is 18.6. The highest BCUT2D eigenvalue weighted by atomic mass is 14.7. The molecule has 0 amide bonds. The van der Waals surface area contributed by atoms with Gasteiger partial charge in [0.2, 0.25) is 0 Å². The number of benzene rings is 5. The fourth-order valence-corrected chi connectivity index (χ4v) is 5.25. The summed E-state index contributed by atoms with van der Waals surface area (Å²) in [6.45, 7) is 0. The Morgan fingerprint density at radius 1 is 0.353 bits per heavy atom. The molecule has 7 rings (SSSR count). The van der Waals surface area contributed by atoms with Gasteiger partial charge in [-0.3, -0.25) is 0 Å². The van der Waals surface area contributed by atoms with Gasteiger partial charge in [-0.1, -0.05) is 115 Å². The molecule has 1 nitrogen and oxygen atoms in total. The van der Waals surface area contributed by atoms with E-state index in [4.69, 9.17) is 4.98 Å². The van der Waals surface area contributed by atoms with Crippen LogP contribution in [0.3, 0.4) is 0 Å². The van der Waals surface area contributed by atoms with E-state index >= 15 is 0 Å². The minimum Gasteiger partial charge on any atom is -0.248 e. The van der Waals surface area contributed by atoms with Crippen LogP contribution in [0.25, 0.3) is 66.7 Å². The van der Waals surface area contributed by atoms with E-state index in [2.05, 4.69) is 121 Å². The number of nitrogens with zero attached hydrogens (tertiary/aromatic N) is 1. The van der Waals surface area contributed by atoms with Crippen molar-refractivity contribution in [3.63, 3.8) is 0 Å². The van der Waals surface area contributed by atoms with Crippen LogP contribution in [0.4, 0.5) is 0 Å². The molecule has 1 aliphatic rings. The van der Waals surface area contributed by atoms with Gasteiger partial charge in [0.15, 0.2) is 0 Å². The molecule has 1 aromatic heterocycles. The summed E-state index contributed by atoms with van der Waals surface area (Å²) >= 11 is 0. The van der Waals surface area contributed by atoms with Gasteiger partial charge in [-0.25, -0.2) is 4.98 Å². The van der Waals surface area contributed by atoms with E-state index in [1.54, 1.807) is 0 Å². The minimum absolute atomic E-state index is 0.989. The first-order chi connectivity index (χ1) is 16.9. The second kappa shape index (κ2) is 7.54. The standard InChI is InChI=1S/C33H21N/c1-3-10-22(11-4-1)24-20-31(23-12-5-2-6-13-23)34-32(21-24)27-18-19-30-26-15-8-7-14-25(26)28-16-9-17-29(27)33(28)30/h1-21H. The SMILES string of the molecule is c1ccc(-c2cc(-c3ccccc3)nc(-c3ccc4c5c(cccc35)-c3ccccc3-4)c2)cc1. The van der Waals surface area contributed by atoms with Gasteiger partial charge in [0.25, 0.3) is 0 Å². The summed E-state index contributed by atoms with van der Waals surface area (Å²) in [7, 11) is 0. The molecule has 1 heterocycles. The van der Waals surface area contributed by atoms with Crippen molar-refractivity contribution in [1.82, 2.24) is 4.98 Å². The molecule has 1 heteroatoms. The second-order valence-electron chi connectivity index (χ2n) is 8.79. The van der Waals surface area contributed by atoms with Crippen molar-refractivity contribution < 1.29 is 0 Å². The largest absolute Gasteiger partial charge is 0.248 e. The maximum absolute atomic E-state index is 5.18. The Labute approximate surface area is 199 Å². The van der Waals surface area contributed by atoms with Gasteiger partial charge in [-0.15, -0.1) is 0 Å². The molecule has 0 fully saturated rings. The number of hydrogen-bond donors (Lipinski definition) is 0. The van der Waals surface area contributed by atoms with Crippen molar-refractivity contribution in [1.29, 1.82) is 0 Å². The summed E-state index contributed by atoms with van der Waals surface area (Å²) in [5, 5.41) is 2.58. The van der Waals surface area contributed by atoms with E-state index in [9.17, 15) is 0 Å². The number of aromatic nitrogens is 1. The van der Waals surface area contributed by atoms with Crippen LogP contribution in [-0.4, -0.2) is 4.98 Å². The average Bonchev–Trinajstić information content (AvgIpc) is 3.25. The molecular weight excluding hydrogens is 410 g/mol. The molecule has 0 aliphatic heterocycles. The first-order valence-corrected chi connectivity index (χ1v) is 11.7. The Bertz CT molecular complexity index is 1590. The van der Waals surface area contributed by atoms with Crippen LogP contribution in [-0.2, 0) is 0 Å². The fourth-order valence-electron chi connectivity index (χ4n) is 5.25. The Kier molecular flexibility index (Phi) is 4.22. The molecule has 158 valence electrons. The molecule has 0 saturated heterocycles. The highest BCUT2D eigenvalue weighted by Crippen LogP contribution is 2.49. The van der Waals surface area contributed by atoms with Crippen LogP contribution in [0, 0.1) is 0 Å². The molecule has 0 bridgehead atoms. The van der Waals surface area contributed by atoms with Crippen LogP contribution in [0.1, 0.15) is 0 Å². The van der Waals surface area contributed by atoms with Gasteiger partial charge in [0.05, 0.1) is 11.4 Å². The number of hydrogen-bond acceptors (Lipinski definition) is 1. The lowest BCUT2D eigenvalue weighted by molar-refractivity contribution is 1.33. The summed E-state index contributed by atoms with van der Waals surface area (Å²) < 4.78 is 0. The van der Waals surface area contributed by atoms with E-state index in [0.717, 1.165) is 17.0 Å². The van der Waals surface area contributed by atoms with Crippen molar-refractivity contribution in [3.8, 4) is 55.9 Å². The van der Waals surface area contributed by atoms with Gasteiger partial charge in [0.1, 0.15) is 0 Å². The summed E-state index contributed by atoms with van der Waals surface area (Å²) in [5.74, 6) is 0. The molecule has 0 saturated carbocycles. The average molecular weight is 432 g/mol. The Morgan fingerprint density at radius 3 is 1.65 bits per heavy atom. The van der Waals surface area contributed by atoms with Crippen molar-refractivity contribution in [3.05, 3.63) is 127 Å². The van der Waals surface area contributed by atoms with Crippen LogP contribution < -0.4 is 0 Å². The molecule has 0 atom stereocenters. The van der Waals surface area contributed by atoms with Gasteiger partial charge in [-0.2, -0.15) is 0 Å². The third kappa shape index (κ3) is 2.91. The molecule has 1 aliphatic carbocycles. The predicted molar refractivity (Wildman–Crippen MR) is 142 cm³/mol. The normalized spacial score (nSPS) is 11.5. The van der Waals surface area contributed by atoms with E-state index in [-0.39, 0.29) is 0 Å². The highest BCUT2D eigenvalue weighted by molar-refractivity contribution is 6.18. The lowest BCUT2D eigenvalue weighted by Gasteiger charge is -2.13. The Balaban J connectivity index is 1.50. The molecule has 34 heavy (non-hydrogen) atoms. The maximum atomic E-state index is 5.18. The third-order valence-electron chi connectivity index (χ3n) is 6.83. The zero-order chi connectivity index (χ0) is 22.5. The summed E-state index contributed by atoms with van der Waals surface area (Å²) in [5.41, 5.74) is 11.9. The molecule has 0 radical (unpaired) electrons. The molecule has 0 unspecified atom stereocenters. The van der Waals surface area contributed by atoms with Crippen molar-refractivity contribution in [2.24, 2.45) is 0 Å². The smallest absolute Gasteiger partial charge is 0.0721 e. The lowest BCUT2D eigenvalue weighted by Crippen LogP contribution is -1.92. The number of rotatable bonds is 3. The first kappa shape index (κ1) is 19.0. The van der Waals surface area contributed by atoms with Crippen molar-refractivity contribution in [2.45, 2.75) is 0 Å². The summed E-state index contributed by atoms with van der Waals surface area (Å²) in [4.78, 5) is 5.18.